The van der Waals surface area contributed by atoms with E-state index < -0.39 is 38.0 Å². The second-order valence-corrected chi connectivity index (χ2v) is 10.6. The second-order valence-electron chi connectivity index (χ2n) is 6.72. The molecular weight excluding hydrogens is 420 g/mol. The molecule has 1 aromatic rings. The molecule has 1 fully saturated rings. The van der Waals surface area contributed by atoms with E-state index in [4.69, 9.17) is 4.74 Å². The Morgan fingerprint density at radius 3 is 2.14 bits per heavy atom. The van der Waals surface area contributed by atoms with Crippen molar-refractivity contribution < 1.29 is 31.5 Å². The first-order chi connectivity index (χ1) is 13.6. The van der Waals surface area contributed by atoms with Crippen molar-refractivity contribution in [3.8, 4) is 0 Å². The van der Waals surface area contributed by atoms with Crippen molar-refractivity contribution in [3.63, 3.8) is 0 Å². The predicted octanol–water partition coefficient (Wildman–Crippen LogP) is 0.652. The summed E-state index contributed by atoms with van der Waals surface area (Å²) in [4.78, 5) is 11.9. The third kappa shape index (κ3) is 5.15. The number of hydrogen-bond acceptors (Lipinski definition) is 7. The van der Waals surface area contributed by atoms with Gasteiger partial charge in [-0.1, -0.05) is 13.8 Å². The van der Waals surface area contributed by atoms with Crippen LogP contribution in [0.1, 0.15) is 27.2 Å². The molecule has 0 bridgehead atoms. The molecule has 0 amide bonds. The van der Waals surface area contributed by atoms with Gasteiger partial charge in [-0.2, -0.15) is 8.61 Å². The zero-order valence-corrected chi connectivity index (χ0v) is 18.4. The summed E-state index contributed by atoms with van der Waals surface area (Å²) < 4.78 is 58.3. The van der Waals surface area contributed by atoms with E-state index in [1.54, 1.807) is 20.8 Å². The number of carbonyl (C=O) groups excluding carboxylic acids is 1. The van der Waals surface area contributed by atoms with E-state index in [0.717, 1.165) is 4.31 Å². The molecule has 1 heterocycles. The number of carbonyl (C=O) groups is 1. The zero-order valence-electron chi connectivity index (χ0n) is 16.8. The van der Waals surface area contributed by atoms with Gasteiger partial charge < -0.3 is 9.84 Å². The van der Waals surface area contributed by atoms with E-state index in [9.17, 15) is 26.7 Å². The fourth-order valence-electron chi connectivity index (χ4n) is 3.31. The zero-order chi connectivity index (χ0) is 21.8. The van der Waals surface area contributed by atoms with Crippen LogP contribution in [-0.4, -0.2) is 75.4 Å². The van der Waals surface area contributed by atoms with Gasteiger partial charge in [0.2, 0.25) is 20.0 Å². The maximum absolute atomic E-state index is 13.0. The molecule has 1 aliphatic rings. The highest BCUT2D eigenvalue weighted by atomic mass is 32.2. The average Bonchev–Trinajstić information content (AvgIpc) is 2.68. The molecule has 1 N–H and O–H groups in total. The van der Waals surface area contributed by atoms with Gasteiger partial charge in [-0.3, -0.25) is 4.79 Å². The van der Waals surface area contributed by atoms with Crippen molar-refractivity contribution in [2.45, 2.75) is 43.1 Å². The van der Waals surface area contributed by atoms with E-state index in [2.05, 4.69) is 0 Å². The van der Waals surface area contributed by atoms with Crippen LogP contribution in [0.5, 0.6) is 0 Å². The summed E-state index contributed by atoms with van der Waals surface area (Å²) >= 11 is 0. The smallest absolute Gasteiger partial charge is 0.310 e. The van der Waals surface area contributed by atoms with Gasteiger partial charge in [0.1, 0.15) is 0 Å². The highest BCUT2D eigenvalue weighted by Crippen LogP contribution is 2.26. The van der Waals surface area contributed by atoms with Crippen LogP contribution in [0, 0.1) is 5.92 Å². The summed E-state index contributed by atoms with van der Waals surface area (Å²) in [7, 11) is -7.71. The summed E-state index contributed by atoms with van der Waals surface area (Å²) in [5, 5.41) is 10.0. The van der Waals surface area contributed by atoms with Crippen LogP contribution < -0.4 is 0 Å². The van der Waals surface area contributed by atoms with Crippen LogP contribution >= 0.6 is 0 Å². The lowest BCUT2D eigenvalue weighted by molar-refractivity contribution is -0.150. The summed E-state index contributed by atoms with van der Waals surface area (Å²) in [5.74, 6) is -1.30. The van der Waals surface area contributed by atoms with Crippen molar-refractivity contribution in [3.05, 3.63) is 24.3 Å². The number of hydrogen-bond donors (Lipinski definition) is 1. The standard InChI is InChI=1S/C18H28N2O7S2/c1-4-19(5-2)28(23,24)16-7-9-17(10-8-16)29(25,26)20-12-14(11-15(21)13-20)18(22)27-6-3/h7-10,14-15,21H,4-6,11-13H2,1-3H3/t14-,15-/m1/s1. The predicted molar refractivity (Wildman–Crippen MR) is 106 cm³/mol. The minimum absolute atomic E-state index is 0.00299. The summed E-state index contributed by atoms with van der Waals surface area (Å²) in [6, 6.07) is 4.96. The van der Waals surface area contributed by atoms with Crippen molar-refractivity contribution in [2.24, 2.45) is 5.92 Å². The van der Waals surface area contributed by atoms with Crippen molar-refractivity contribution in [1.29, 1.82) is 0 Å². The maximum Gasteiger partial charge on any atom is 0.310 e. The van der Waals surface area contributed by atoms with Gasteiger partial charge in [0, 0.05) is 26.2 Å². The van der Waals surface area contributed by atoms with Gasteiger partial charge in [-0.25, -0.2) is 16.8 Å². The number of aliphatic hydroxyl groups is 1. The number of nitrogens with zero attached hydrogens (tertiary/aromatic N) is 2. The number of esters is 1. The lowest BCUT2D eigenvalue weighted by atomic mass is 9.98. The van der Waals surface area contributed by atoms with E-state index in [1.165, 1.54) is 28.6 Å². The molecule has 1 aliphatic heterocycles. The Morgan fingerprint density at radius 1 is 1.07 bits per heavy atom. The van der Waals surface area contributed by atoms with E-state index in [-0.39, 0.29) is 35.9 Å². The summed E-state index contributed by atoms with van der Waals surface area (Å²) in [5.41, 5.74) is 0. The Kier molecular flexibility index (Phi) is 7.80. The largest absolute Gasteiger partial charge is 0.466 e. The van der Waals surface area contributed by atoms with E-state index in [1.807, 2.05) is 0 Å². The van der Waals surface area contributed by atoms with Crippen LogP contribution in [-0.2, 0) is 29.6 Å². The Bertz CT molecular complexity index is 910. The van der Waals surface area contributed by atoms with Crippen molar-refractivity contribution in [2.75, 3.05) is 32.8 Å². The lowest BCUT2D eigenvalue weighted by Crippen LogP contribution is -2.48. The van der Waals surface area contributed by atoms with Crippen molar-refractivity contribution in [1.82, 2.24) is 8.61 Å². The Morgan fingerprint density at radius 2 is 1.62 bits per heavy atom. The SMILES string of the molecule is CCOC(=O)[C@@H]1C[C@@H](O)CN(S(=O)(=O)c2ccc(S(=O)(=O)N(CC)CC)cc2)C1. The molecule has 29 heavy (non-hydrogen) atoms. The molecule has 164 valence electrons. The number of ether oxygens (including phenoxy) is 1. The third-order valence-electron chi connectivity index (χ3n) is 4.82. The first-order valence-electron chi connectivity index (χ1n) is 9.52. The molecule has 0 radical (unpaired) electrons. The minimum Gasteiger partial charge on any atom is -0.466 e. The van der Waals surface area contributed by atoms with Crippen LogP contribution in [0.2, 0.25) is 0 Å². The van der Waals surface area contributed by atoms with Gasteiger partial charge in [-0.15, -0.1) is 0 Å². The fraction of sp³-hybridized carbons (Fsp3) is 0.611. The van der Waals surface area contributed by atoms with Crippen LogP contribution in [0.15, 0.2) is 34.1 Å². The van der Waals surface area contributed by atoms with Gasteiger partial charge in [0.05, 0.1) is 28.4 Å². The first kappa shape index (κ1) is 23.7. The molecule has 0 unspecified atom stereocenters. The number of piperidine rings is 1. The fourth-order valence-corrected chi connectivity index (χ4v) is 6.29. The molecular formula is C18H28N2O7S2. The number of benzene rings is 1. The van der Waals surface area contributed by atoms with Crippen LogP contribution in [0.4, 0.5) is 0 Å². The molecule has 1 aromatic carbocycles. The summed E-state index contributed by atoms with van der Waals surface area (Å²) in [6.45, 7) is 5.64. The highest BCUT2D eigenvalue weighted by Gasteiger charge is 2.38. The van der Waals surface area contributed by atoms with Crippen molar-refractivity contribution >= 4 is 26.0 Å². The summed E-state index contributed by atoms with van der Waals surface area (Å²) in [6.07, 6.45) is -0.860. The number of rotatable bonds is 8. The molecule has 0 aromatic heterocycles. The Hall–Kier alpha value is -1.53. The monoisotopic (exact) mass is 448 g/mol. The van der Waals surface area contributed by atoms with E-state index in [0.29, 0.717) is 13.1 Å². The van der Waals surface area contributed by atoms with Gasteiger partial charge in [0.25, 0.3) is 0 Å². The third-order valence-corrected chi connectivity index (χ3v) is 8.73. The molecule has 11 heteroatoms. The number of aliphatic hydroxyl groups excluding tert-OH is 1. The maximum atomic E-state index is 13.0. The van der Waals surface area contributed by atoms with E-state index >= 15 is 0 Å². The normalized spacial score (nSPS) is 21.3. The van der Waals surface area contributed by atoms with Gasteiger partial charge in [0.15, 0.2) is 0 Å². The highest BCUT2D eigenvalue weighted by molar-refractivity contribution is 7.89. The number of β-amino-alcohol motifs (C(OH)–C–C–N with tert-alkyl or cyclic N) is 1. The quantitative estimate of drug-likeness (QED) is 0.580. The molecule has 0 aliphatic carbocycles. The molecule has 9 nitrogen and oxygen atoms in total. The molecule has 0 saturated carbocycles. The topological polar surface area (TPSA) is 121 Å². The van der Waals surface area contributed by atoms with Gasteiger partial charge in [-0.05, 0) is 37.6 Å². The first-order valence-corrected chi connectivity index (χ1v) is 12.4. The number of sulfonamides is 2. The molecule has 0 spiro atoms. The molecule has 2 rings (SSSR count). The van der Waals surface area contributed by atoms with Crippen LogP contribution in [0.25, 0.3) is 0 Å². The Balaban J connectivity index is 2.28. The Labute approximate surface area is 172 Å². The molecule has 1 saturated heterocycles. The van der Waals surface area contributed by atoms with Crippen LogP contribution in [0.3, 0.4) is 0 Å². The lowest BCUT2D eigenvalue weighted by Gasteiger charge is -2.33. The molecule has 2 atom stereocenters. The second kappa shape index (κ2) is 9.52. The minimum atomic E-state index is -4.01. The average molecular weight is 449 g/mol. The van der Waals surface area contributed by atoms with Gasteiger partial charge >= 0.3 is 5.97 Å².